The molecule has 0 radical (unpaired) electrons. The van der Waals surface area contributed by atoms with Crippen molar-refractivity contribution in [1.29, 1.82) is 0 Å². The Morgan fingerprint density at radius 1 is 1.50 bits per heavy atom. The molecule has 1 aliphatic heterocycles. The van der Waals surface area contributed by atoms with Crippen molar-refractivity contribution < 1.29 is 0 Å². The molecule has 3 nitrogen and oxygen atoms in total. The topological polar surface area (TPSA) is 29.9 Å². The number of nitrogens with zero attached hydrogens (tertiary/aromatic N) is 2. The molecule has 1 aliphatic rings. The van der Waals surface area contributed by atoms with E-state index in [1.165, 1.54) is 11.4 Å². The maximum absolute atomic E-state index is 4.46. The molecule has 0 aliphatic carbocycles. The number of fused-ring (bicyclic) bond motifs is 1. The van der Waals surface area contributed by atoms with Crippen molar-refractivity contribution in [2.24, 2.45) is 5.41 Å². The van der Waals surface area contributed by atoms with Gasteiger partial charge in [0.15, 0.2) is 0 Å². The normalized spacial score (nSPS) is 16.8. The van der Waals surface area contributed by atoms with Gasteiger partial charge >= 0.3 is 0 Å². The first-order chi connectivity index (χ1) is 6.56. The van der Waals surface area contributed by atoms with Crippen LogP contribution in [-0.2, 0) is 19.5 Å². The van der Waals surface area contributed by atoms with Crippen LogP contribution in [0.2, 0.25) is 0 Å². The predicted octanol–water partition coefficient (Wildman–Crippen LogP) is 1.57. The van der Waals surface area contributed by atoms with E-state index in [4.69, 9.17) is 0 Å². The highest BCUT2D eigenvalue weighted by atomic mass is 15.1. The fourth-order valence-electron chi connectivity index (χ4n) is 1.92. The monoisotopic (exact) mass is 193 g/mol. The first kappa shape index (κ1) is 9.71. The van der Waals surface area contributed by atoms with E-state index in [2.05, 4.69) is 35.6 Å². The molecule has 0 aromatic carbocycles. The molecule has 1 aromatic rings. The minimum Gasteiger partial charge on any atom is -0.333 e. The second-order valence-electron chi connectivity index (χ2n) is 5.25. The Hall–Kier alpha value is -0.830. The minimum atomic E-state index is 0.325. The third kappa shape index (κ3) is 1.98. The van der Waals surface area contributed by atoms with Crippen molar-refractivity contribution in [1.82, 2.24) is 14.9 Å². The van der Waals surface area contributed by atoms with E-state index in [1.54, 1.807) is 0 Å². The molecule has 0 saturated carbocycles. The van der Waals surface area contributed by atoms with Gasteiger partial charge in [-0.2, -0.15) is 0 Å². The van der Waals surface area contributed by atoms with Crippen LogP contribution >= 0.6 is 0 Å². The molecule has 1 aromatic heterocycles. The zero-order chi connectivity index (χ0) is 10.2. The van der Waals surface area contributed by atoms with Crippen molar-refractivity contribution in [3.05, 3.63) is 17.7 Å². The minimum absolute atomic E-state index is 0.325. The summed E-state index contributed by atoms with van der Waals surface area (Å²) in [6.45, 7) is 9.88. The van der Waals surface area contributed by atoms with Gasteiger partial charge in [0.25, 0.3) is 0 Å². The maximum Gasteiger partial charge on any atom is 0.0952 e. The van der Waals surface area contributed by atoms with Crippen LogP contribution in [0.1, 0.15) is 32.2 Å². The van der Waals surface area contributed by atoms with Gasteiger partial charge in [0, 0.05) is 26.1 Å². The Bertz CT molecular complexity index is 320. The summed E-state index contributed by atoms with van der Waals surface area (Å²) in [7, 11) is 0. The van der Waals surface area contributed by atoms with Crippen LogP contribution < -0.4 is 5.32 Å². The van der Waals surface area contributed by atoms with Gasteiger partial charge < -0.3 is 9.88 Å². The molecule has 0 bridgehead atoms. The highest BCUT2D eigenvalue weighted by molar-refractivity contribution is 5.16. The predicted molar refractivity (Wildman–Crippen MR) is 57.1 cm³/mol. The zero-order valence-corrected chi connectivity index (χ0v) is 9.30. The molecular weight excluding hydrogens is 174 g/mol. The number of hydrogen-bond acceptors (Lipinski definition) is 2. The van der Waals surface area contributed by atoms with Gasteiger partial charge in [-0.15, -0.1) is 0 Å². The number of hydrogen-bond donors (Lipinski definition) is 1. The van der Waals surface area contributed by atoms with Gasteiger partial charge in [-0.3, -0.25) is 0 Å². The second-order valence-corrected chi connectivity index (χ2v) is 5.25. The van der Waals surface area contributed by atoms with Crippen molar-refractivity contribution in [2.75, 3.05) is 6.54 Å². The SMILES string of the molecule is CC(C)(C)Cn1cnc2c1CNCC2. The summed E-state index contributed by atoms with van der Waals surface area (Å²) in [5.41, 5.74) is 2.99. The molecule has 78 valence electrons. The van der Waals surface area contributed by atoms with Crippen molar-refractivity contribution in [2.45, 2.75) is 40.3 Å². The summed E-state index contributed by atoms with van der Waals surface area (Å²) in [5.74, 6) is 0. The second kappa shape index (κ2) is 3.39. The molecule has 0 unspecified atom stereocenters. The third-order valence-electron chi connectivity index (χ3n) is 2.51. The molecule has 14 heavy (non-hydrogen) atoms. The number of imidazole rings is 1. The van der Waals surface area contributed by atoms with E-state index in [9.17, 15) is 0 Å². The smallest absolute Gasteiger partial charge is 0.0952 e. The van der Waals surface area contributed by atoms with Crippen LogP contribution in [0.25, 0.3) is 0 Å². The van der Waals surface area contributed by atoms with Gasteiger partial charge in [-0.05, 0) is 5.41 Å². The van der Waals surface area contributed by atoms with E-state index in [0.29, 0.717) is 5.41 Å². The molecule has 0 saturated heterocycles. The van der Waals surface area contributed by atoms with Crippen molar-refractivity contribution in [3.63, 3.8) is 0 Å². The van der Waals surface area contributed by atoms with Gasteiger partial charge in [-0.1, -0.05) is 20.8 Å². The summed E-state index contributed by atoms with van der Waals surface area (Å²) in [6, 6.07) is 0. The van der Waals surface area contributed by atoms with Gasteiger partial charge in [0.05, 0.1) is 17.7 Å². The Kier molecular flexibility index (Phi) is 2.35. The summed E-state index contributed by atoms with van der Waals surface area (Å²) in [5, 5.41) is 3.39. The number of rotatable bonds is 1. The Morgan fingerprint density at radius 2 is 2.29 bits per heavy atom. The molecule has 1 N–H and O–H groups in total. The van der Waals surface area contributed by atoms with Crippen molar-refractivity contribution >= 4 is 0 Å². The highest BCUT2D eigenvalue weighted by Crippen LogP contribution is 2.20. The largest absolute Gasteiger partial charge is 0.333 e. The molecule has 2 heterocycles. The van der Waals surface area contributed by atoms with E-state index in [0.717, 1.165) is 26.1 Å². The van der Waals surface area contributed by atoms with Crippen LogP contribution in [0.3, 0.4) is 0 Å². The highest BCUT2D eigenvalue weighted by Gasteiger charge is 2.18. The van der Waals surface area contributed by atoms with Crippen LogP contribution in [0.4, 0.5) is 0 Å². The summed E-state index contributed by atoms with van der Waals surface area (Å²) >= 11 is 0. The van der Waals surface area contributed by atoms with E-state index in [-0.39, 0.29) is 0 Å². The molecule has 0 atom stereocenters. The molecular formula is C11H19N3. The Balaban J connectivity index is 2.22. The average Bonchev–Trinajstić information content (AvgIpc) is 2.47. The lowest BCUT2D eigenvalue weighted by Gasteiger charge is -2.22. The molecule has 0 amide bonds. The van der Waals surface area contributed by atoms with Crippen LogP contribution in [0, 0.1) is 5.41 Å². The average molecular weight is 193 g/mol. The lowest BCUT2D eigenvalue weighted by Crippen LogP contribution is -2.27. The number of aromatic nitrogens is 2. The summed E-state index contributed by atoms with van der Waals surface area (Å²) in [4.78, 5) is 4.46. The zero-order valence-electron chi connectivity index (χ0n) is 9.30. The van der Waals surface area contributed by atoms with Crippen LogP contribution in [-0.4, -0.2) is 16.1 Å². The lowest BCUT2D eigenvalue weighted by atomic mass is 9.96. The molecule has 0 fully saturated rings. The fourth-order valence-corrected chi connectivity index (χ4v) is 1.92. The van der Waals surface area contributed by atoms with Crippen molar-refractivity contribution in [3.8, 4) is 0 Å². The van der Waals surface area contributed by atoms with Crippen LogP contribution in [0.5, 0.6) is 0 Å². The maximum atomic E-state index is 4.46. The Morgan fingerprint density at radius 3 is 3.00 bits per heavy atom. The number of nitrogens with one attached hydrogen (secondary N) is 1. The quantitative estimate of drug-likeness (QED) is 0.734. The van der Waals surface area contributed by atoms with Gasteiger partial charge in [0.1, 0.15) is 0 Å². The Labute approximate surface area is 85.5 Å². The summed E-state index contributed by atoms with van der Waals surface area (Å²) in [6.07, 6.45) is 3.06. The van der Waals surface area contributed by atoms with E-state index in [1.807, 2.05) is 6.33 Å². The van der Waals surface area contributed by atoms with Gasteiger partial charge in [0.2, 0.25) is 0 Å². The fraction of sp³-hybridized carbons (Fsp3) is 0.727. The van der Waals surface area contributed by atoms with E-state index >= 15 is 0 Å². The standard InChI is InChI=1S/C11H19N3/c1-11(2,3)7-14-8-13-9-4-5-12-6-10(9)14/h8,12H,4-7H2,1-3H3. The molecule has 2 rings (SSSR count). The first-order valence-corrected chi connectivity index (χ1v) is 5.30. The first-order valence-electron chi connectivity index (χ1n) is 5.30. The van der Waals surface area contributed by atoms with Gasteiger partial charge in [-0.25, -0.2) is 4.98 Å². The summed E-state index contributed by atoms with van der Waals surface area (Å²) < 4.78 is 2.29. The molecule has 0 spiro atoms. The van der Waals surface area contributed by atoms with E-state index < -0.39 is 0 Å². The molecule has 3 heteroatoms. The van der Waals surface area contributed by atoms with Crippen LogP contribution in [0.15, 0.2) is 6.33 Å². The lowest BCUT2D eigenvalue weighted by molar-refractivity contribution is 0.336. The third-order valence-corrected chi connectivity index (χ3v) is 2.51.